The van der Waals surface area contributed by atoms with Crippen LogP contribution < -0.4 is 0 Å². The zero-order valence-corrected chi connectivity index (χ0v) is 7.85. The summed E-state index contributed by atoms with van der Waals surface area (Å²) in [6, 6.07) is 0. The maximum absolute atomic E-state index is 11.0. The van der Waals surface area contributed by atoms with E-state index in [1.807, 2.05) is 0 Å². The van der Waals surface area contributed by atoms with E-state index in [-0.39, 0.29) is 18.1 Å². The highest BCUT2D eigenvalue weighted by Gasteiger charge is 2.16. The summed E-state index contributed by atoms with van der Waals surface area (Å²) in [7, 11) is 0. The fourth-order valence-electron chi connectivity index (χ4n) is 0.674. The van der Waals surface area contributed by atoms with Crippen molar-refractivity contribution in [3.8, 4) is 0 Å². The van der Waals surface area contributed by atoms with Gasteiger partial charge < -0.3 is 4.74 Å². The number of ketones is 1. The molecule has 0 atom stereocenters. The number of ether oxygens (including phenoxy) is 1. The number of carbonyl (C=O) groups excluding carboxylic acids is 2. The van der Waals surface area contributed by atoms with E-state index in [2.05, 4.69) is 4.74 Å². The van der Waals surface area contributed by atoms with Gasteiger partial charge in [0.2, 0.25) is 0 Å². The van der Waals surface area contributed by atoms with Crippen LogP contribution in [0.2, 0.25) is 0 Å². The van der Waals surface area contributed by atoms with Crippen LogP contribution in [0, 0.1) is 0 Å². The molecule has 0 rings (SSSR count). The molecule has 0 aromatic rings. The second kappa shape index (κ2) is 5.77. The number of halogens is 1. The number of hydrogen-bond donors (Lipinski definition) is 0. The molecule has 0 saturated carbocycles. The number of allylic oxidation sites excluding steroid dienone is 1. The Hall–Kier alpha value is -0.830. The minimum Gasteiger partial charge on any atom is -0.462 e. The lowest BCUT2D eigenvalue weighted by Crippen LogP contribution is -2.16. The first-order valence-electron chi connectivity index (χ1n) is 3.59. The van der Waals surface area contributed by atoms with E-state index in [1.165, 1.54) is 6.08 Å². The van der Waals surface area contributed by atoms with Crippen LogP contribution in [0.15, 0.2) is 11.6 Å². The van der Waals surface area contributed by atoms with Crippen molar-refractivity contribution in [2.45, 2.75) is 13.8 Å². The number of alkyl halides is 1. The van der Waals surface area contributed by atoms with Crippen molar-refractivity contribution < 1.29 is 14.3 Å². The summed E-state index contributed by atoms with van der Waals surface area (Å²) in [4.78, 5) is 22.0. The summed E-state index contributed by atoms with van der Waals surface area (Å²) in [5.41, 5.74) is 0.0202. The van der Waals surface area contributed by atoms with E-state index in [9.17, 15) is 9.59 Å². The Morgan fingerprint density at radius 1 is 1.50 bits per heavy atom. The summed E-state index contributed by atoms with van der Waals surface area (Å²) in [6.45, 7) is 3.53. The Balaban J connectivity index is 4.37. The molecule has 0 aromatic carbocycles. The van der Waals surface area contributed by atoms with Crippen LogP contribution in [0.1, 0.15) is 13.8 Å². The minimum absolute atomic E-state index is 0.0202. The third-order valence-electron chi connectivity index (χ3n) is 1.21. The summed E-state index contributed by atoms with van der Waals surface area (Å²) in [6.07, 6.45) is 1.41. The average molecular weight is 191 g/mol. The van der Waals surface area contributed by atoms with Gasteiger partial charge in [0.1, 0.15) is 0 Å². The SMILES string of the molecule is C/C=C(\C(=O)CCl)C(=O)OCC. The van der Waals surface area contributed by atoms with Gasteiger partial charge in [0, 0.05) is 0 Å². The smallest absolute Gasteiger partial charge is 0.341 e. The van der Waals surface area contributed by atoms with Gasteiger partial charge in [-0.25, -0.2) is 4.79 Å². The van der Waals surface area contributed by atoms with Crippen LogP contribution in [0.4, 0.5) is 0 Å². The molecule has 68 valence electrons. The predicted molar refractivity (Wildman–Crippen MR) is 46.1 cm³/mol. The normalized spacial score (nSPS) is 11.1. The fraction of sp³-hybridized carbons (Fsp3) is 0.500. The van der Waals surface area contributed by atoms with Gasteiger partial charge in [-0.05, 0) is 13.8 Å². The van der Waals surface area contributed by atoms with Crippen molar-refractivity contribution in [2.75, 3.05) is 12.5 Å². The van der Waals surface area contributed by atoms with Crippen LogP contribution in [0.3, 0.4) is 0 Å². The van der Waals surface area contributed by atoms with E-state index < -0.39 is 11.8 Å². The van der Waals surface area contributed by atoms with Gasteiger partial charge in [-0.15, -0.1) is 11.6 Å². The molecule has 0 radical (unpaired) electrons. The number of hydrogen-bond acceptors (Lipinski definition) is 3. The Kier molecular flexibility index (Phi) is 5.37. The second-order valence-electron chi connectivity index (χ2n) is 1.98. The van der Waals surface area contributed by atoms with Crippen molar-refractivity contribution in [3.63, 3.8) is 0 Å². The highest BCUT2D eigenvalue weighted by Crippen LogP contribution is 2.01. The summed E-state index contributed by atoms with van der Waals surface area (Å²) in [5.74, 6) is -1.21. The summed E-state index contributed by atoms with van der Waals surface area (Å²) in [5, 5.41) is 0. The molecule has 0 fully saturated rings. The number of carbonyl (C=O) groups is 2. The lowest BCUT2D eigenvalue weighted by Gasteiger charge is -2.02. The summed E-state index contributed by atoms with van der Waals surface area (Å²) >= 11 is 5.27. The maximum atomic E-state index is 11.0. The average Bonchev–Trinajstić information content (AvgIpc) is 2.06. The number of rotatable bonds is 4. The first kappa shape index (κ1) is 11.2. The Labute approximate surface area is 76.3 Å². The van der Waals surface area contributed by atoms with E-state index in [0.717, 1.165) is 0 Å². The van der Waals surface area contributed by atoms with Crippen LogP contribution in [0.25, 0.3) is 0 Å². The first-order chi connectivity index (χ1) is 5.67. The highest BCUT2D eigenvalue weighted by molar-refractivity contribution is 6.34. The molecule has 0 unspecified atom stereocenters. The molecule has 4 heteroatoms. The van der Waals surface area contributed by atoms with Gasteiger partial charge >= 0.3 is 5.97 Å². The molecule has 0 N–H and O–H groups in total. The molecule has 12 heavy (non-hydrogen) atoms. The third kappa shape index (κ3) is 3.05. The lowest BCUT2D eigenvalue weighted by molar-refractivity contribution is -0.139. The molecule has 0 spiro atoms. The molecule has 0 aliphatic carbocycles. The molecular weight excluding hydrogens is 180 g/mol. The third-order valence-corrected chi connectivity index (χ3v) is 1.45. The Bertz CT molecular complexity index is 208. The van der Waals surface area contributed by atoms with Gasteiger partial charge in [-0.2, -0.15) is 0 Å². The van der Waals surface area contributed by atoms with Gasteiger partial charge in [-0.3, -0.25) is 4.79 Å². The molecule has 0 aliphatic heterocycles. The topological polar surface area (TPSA) is 43.4 Å². The molecule has 0 heterocycles. The van der Waals surface area contributed by atoms with E-state index >= 15 is 0 Å². The van der Waals surface area contributed by atoms with Crippen LogP contribution in [0.5, 0.6) is 0 Å². The van der Waals surface area contributed by atoms with E-state index in [4.69, 9.17) is 11.6 Å². The van der Waals surface area contributed by atoms with Crippen molar-refractivity contribution >= 4 is 23.4 Å². The molecule has 0 aliphatic rings. The Morgan fingerprint density at radius 3 is 2.42 bits per heavy atom. The standard InChI is InChI=1S/C8H11ClO3/c1-3-6(7(10)5-9)8(11)12-4-2/h3H,4-5H2,1-2H3/b6-3+. The van der Waals surface area contributed by atoms with Crippen LogP contribution in [-0.2, 0) is 14.3 Å². The minimum atomic E-state index is -0.606. The summed E-state index contributed by atoms with van der Waals surface area (Å²) < 4.78 is 4.63. The second-order valence-corrected chi connectivity index (χ2v) is 2.25. The monoisotopic (exact) mass is 190 g/mol. The number of esters is 1. The largest absolute Gasteiger partial charge is 0.462 e. The first-order valence-corrected chi connectivity index (χ1v) is 4.13. The van der Waals surface area contributed by atoms with Crippen molar-refractivity contribution in [3.05, 3.63) is 11.6 Å². The molecule has 0 saturated heterocycles. The van der Waals surface area contributed by atoms with Gasteiger partial charge in [-0.1, -0.05) is 6.08 Å². The van der Waals surface area contributed by atoms with Crippen molar-refractivity contribution in [1.82, 2.24) is 0 Å². The number of Topliss-reactive ketones (excluding diaryl/α,β-unsaturated/α-hetero) is 1. The van der Waals surface area contributed by atoms with Gasteiger partial charge in [0.25, 0.3) is 0 Å². The van der Waals surface area contributed by atoms with E-state index in [0.29, 0.717) is 0 Å². The zero-order valence-electron chi connectivity index (χ0n) is 7.09. The lowest BCUT2D eigenvalue weighted by atomic mass is 10.2. The molecule has 3 nitrogen and oxygen atoms in total. The molecule has 0 bridgehead atoms. The maximum Gasteiger partial charge on any atom is 0.341 e. The van der Waals surface area contributed by atoms with Crippen molar-refractivity contribution in [2.24, 2.45) is 0 Å². The molecule has 0 aromatic heterocycles. The predicted octanol–water partition coefficient (Wildman–Crippen LogP) is 1.30. The van der Waals surface area contributed by atoms with Gasteiger partial charge in [0.05, 0.1) is 18.1 Å². The Morgan fingerprint density at radius 2 is 2.08 bits per heavy atom. The molecular formula is C8H11ClO3. The van der Waals surface area contributed by atoms with Crippen molar-refractivity contribution in [1.29, 1.82) is 0 Å². The van der Waals surface area contributed by atoms with Gasteiger partial charge in [0.15, 0.2) is 5.78 Å². The fourth-order valence-corrected chi connectivity index (χ4v) is 0.817. The van der Waals surface area contributed by atoms with Crippen LogP contribution >= 0.6 is 11.6 Å². The quantitative estimate of drug-likeness (QED) is 0.221. The van der Waals surface area contributed by atoms with Crippen LogP contribution in [-0.4, -0.2) is 24.2 Å². The molecule has 0 amide bonds. The highest BCUT2D eigenvalue weighted by atomic mass is 35.5. The zero-order chi connectivity index (χ0) is 9.56. The van der Waals surface area contributed by atoms with E-state index in [1.54, 1.807) is 13.8 Å².